The summed E-state index contributed by atoms with van der Waals surface area (Å²) in [4.78, 5) is 26.0. The molecule has 3 atom stereocenters. The minimum atomic E-state index is -3.85. The Morgan fingerprint density at radius 2 is 1.53 bits per heavy atom. The second-order valence-corrected chi connectivity index (χ2v) is 11.2. The van der Waals surface area contributed by atoms with Crippen LogP contribution in [0.1, 0.15) is 42.5 Å². The Morgan fingerprint density at radius 3 is 2.19 bits per heavy atom. The molecule has 0 saturated heterocycles. The van der Waals surface area contributed by atoms with Gasteiger partial charge < -0.3 is 11.1 Å². The summed E-state index contributed by atoms with van der Waals surface area (Å²) in [6.07, 6.45) is 4.60. The molecule has 0 aliphatic heterocycles. The Kier molecular flexibility index (Phi) is 5.00. The zero-order chi connectivity index (χ0) is 22.5. The second kappa shape index (κ2) is 7.62. The third-order valence-corrected chi connectivity index (χ3v) is 8.94. The average molecular weight is 454 g/mol. The summed E-state index contributed by atoms with van der Waals surface area (Å²) in [5.41, 5.74) is 5.61. The van der Waals surface area contributed by atoms with Gasteiger partial charge in [-0.3, -0.25) is 14.3 Å². The lowest BCUT2D eigenvalue weighted by atomic mass is 9.47. The number of nitrogens with one attached hydrogen (secondary N) is 2. The molecular weight excluding hydrogens is 426 g/mol. The highest BCUT2D eigenvalue weighted by Crippen LogP contribution is 2.60. The molecule has 32 heavy (non-hydrogen) atoms. The SMILES string of the molecule is NC(=O)C12CC3CC(CC(C3)C1NC(=O)c1ccccc1NS(=O)(=O)c1ccccc1)C2. The van der Waals surface area contributed by atoms with E-state index in [0.29, 0.717) is 11.8 Å². The predicted octanol–water partition coefficient (Wildman–Crippen LogP) is 2.90. The van der Waals surface area contributed by atoms with Crippen molar-refractivity contribution in [3.63, 3.8) is 0 Å². The molecular formula is C24H27N3O4S. The fourth-order valence-electron chi connectivity index (χ4n) is 6.44. The fourth-order valence-corrected chi connectivity index (χ4v) is 7.54. The molecule has 2 aromatic rings. The van der Waals surface area contributed by atoms with Gasteiger partial charge in [-0.1, -0.05) is 30.3 Å². The van der Waals surface area contributed by atoms with E-state index < -0.39 is 21.3 Å². The van der Waals surface area contributed by atoms with Crippen LogP contribution in [0.3, 0.4) is 0 Å². The van der Waals surface area contributed by atoms with Crippen LogP contribution in [0.25, 0.3) is 0 Å². The number of hydrogen-bond acceptors (Lipinski definition) is 4. The summed E-state index contributed by atoms with van der Waals surface area (Å²) in [6.45, 7) is 0. The molecule has 4 bridgehead atoms. The van der Waals surface area contributed by atoms with Gasteiger partial charge in [0.1, 0.15) is 0 Å². The van der Waals surface area contributed by atoms with E-state index in [0.717, 1.165) is 32.1 Å². The molecule has 168 valence electrons. The summed E-state index contributed by atoms with van der Waals surface area (Å²) in [7, 11) is -3.85. The lowest BCUT2D eigenvalue weighted by Crippen LogP contribution is -2.66. The summed E-state index contributed by atoms with van der Waals surface area (Å²) >= 11 is 0. The average Bonchev–Trinajstić information content (AvgIpc) is 2.76. The third kappa shape index (κ3) is 3.46. The van der Waals surface area contributed by atoms with Gasteiger partial charge in [-0.15, -0.1) is 0 Å². The Hall–Kier alpha value is -2.87. The van der Waals surface area contributed by atoms with Gasteiger partial charge in [0.25, 0.3) is 15.9 Å². The Balaban J connectivity index is 1.42. The molecule has 0 spiro atoms. The molecule has 0 aromatic heterocycles. The minimum Gasteiger partial charge on any atom is -0.369 e. The minimum absolute atomic E-state index is 0.115. The van der Waals surface area contributed by atoms with Crippen molar-refractivity contribution in [2.45, 2.75) is 43.0 Å². The highest BCUT2D eigenvalue weighted by atomic mass is 32.2. The lowest BCUT2D eigenvalue weighted by molar-refractivity contribution is -0.148. The molecule has 4 fully saturated rings. The zero-order valence-corrected chi connectivity index (χ0v) is 18.5. The van der Waals surface area contributed by atoms with Gasteiger partial charge in [-0.05, 0) is 74.1 Å². The van der Waals surface area contributed by atoms with E-state index >= 15 is 0 Å². The van der Waals surface area contributed by atoms with Crippen LogP contribution in [0.4, 0.5) is 5.69 Å². The molecule has 0 heterocycles. The topological polar surface area (TPSA) is 118 Å². The van der Waals surface area contributed by atoms with Gasteiger partial charge in [-0.2, -0.15) is 0 Å². The molecule has 4 saturated carbocycles. The number of carbonyl (C=O) groups is 2. The van der Waals surface area contributed by atoms with Crippen LogP contribution in [0.2, 0.25) is 0 Å². The van der Waals surface area contributed by atoms with Gasteiger partial charge >= 0.3 is 0 Å². The number of anilines is 1. The first-order valence-electron chi connectivity index (χ1n) is 11.1. The van der Waals surface area contributed by atoms with E-state index in [1.807, 2.05) is 0 Å². The quantitative estimate of drug-likeness (QED) is 0.623. The van der Waals surface area contributed by atoms with Crippen LogP contribution in [0.15, 0.2) is 59.5 Å². The molecule has 6 rings (SSSR count). The highest BCUT2D eigenvalue weighted by molar-refractivity contribution is 7.92. The zero-order valence-electron chi connectivity index (χ0n) is 17.7. The molecule has 4 aliphatic rings. The number of rotatable bonds is 6. The molecule has 8 heteroatoms. The first kappa shape index (κ1) is 21.0. The van der Waals surface area contributed by atoms with E-state index in [1.165, 1.54) is 12.1 Å². The molecule has 4 aliphatic carbocycles. The Labute approximate surface area is 187 Å². The van der Waals surface area contributed by atoms with Crippen molar-refractivity contribution in [1.29, 1.82) is 0 Å². The maximum Gasteiger partial charge on any atom is 0.261 e. The van der Waals surface area contributed by atoms with Gasteiger partial charge in [0.05, 0.1) is 21.6 Å². The summed E-state index contributed by atoms with van der Waals surface area (Å²) in [5.74, 6) is 0.497. The number of primary amides is 1. The van der Waals surface area contributed by atoms with E-state index in [2.05, 4.69) is 10.0 Å². The van der Waals surface area contributed by atoms with Gasteiger partial charge in [0.2, 0.25) is 5.91 Å². The van der Waals surface area contributed by atoms with E-state index in [4.69, 9.17) is 5.73 Å². The molecule has 3 unspecified atom stereocenters. The van der Waals surface area contributed by atoms with Crippen molar-refractivity contribution >= 4 is 27.5 Å². The van der Waals surface area contributed by atoms with Crippen LogP contribution in [0.5, 0.6) is 0 Å². The van der Waals surface area contributed by atoms with E-state index in [-0.39, 0.29) is 34.0 Å². The van der Waals surface area contributed by atoms with Crippen molar-refractivity contribution in [3.8, 4) is 0 Å². The number of benzene rings is 2. The maximum absolute atomic E-state index is 13.3. The molecule has 2 aromatic carbocycles. The van der Waals surface area contributed by atoms with Gasteiger partial charge in [0, 0.05) is 6.04 Å². The molecule has 4 N–H and O–H groups in total. The van der Waals surface area contributed by atoms with E-state index in [9.17, 15) is 18.0 Å². The number of para-hydroxylation sites is 1. The van der Waals surface area contributed by atoms with Crippen LogP contribution in [-0.4, -0.2) is 26.3 Å². The number of hydrogen-bond donors (Lipinski definition) is 3. The van der Waals surface area contributed by atoms with Crippen molar-refractivity contribution < 1.29 is 18.0 Å². The lowest BCUT2D eigenvalue weighted by Gasteiger charge is -2.59. The van der Waals surface area contributed by atoms with Crippen LogP contribution < -0.4 is 15.8 Å². The molecule has 2 amide bonds. The van der Waals surface area contributed by atoms with Crippen LogP contribution in [-0.2, 0) is 14.8 Å². The second-order valence-electron chi connectivity index (χ2n) is 9.54. The van der Waals surface area contributed by atoms with Crippen LogP contribution >= 0.6 is 0 Å². The predicted molar refractivity (Wildman–Crippen MR) is 120 cm³/mol. The summed E-state index contributed by atoms with van der Waals surface area (Å²) in [6, 6.07) is 14.2. The fraction of sp³-hybridized carbons (Fsp3) is 0.417. The molecule has 0 radical (unpaired) electrons. The van der Waals surface area contributed by atoms with Crippen molar-refractivity contribution in [2.24, 2.45) is 28.9 Å². The number of nitrogens with two attached hydrogens (primary N) is 1. The maximum atomic E-state index is 13.3. The number of amides is 2. The van der Waals surface area contributed by atoms with Crippen molar-refractivity contribution in [1.82, 2.24) is 5.32 Å². The first-order chi connectivity index (χ1) is 15.3. The smallest absolute Gasteiger partial charge is 0.261 e. The highest BCUT2D eigenvalue weighted by Gasteiger charge is 2.60. The summed E-state index contributed by atoms with van der Waals surface area (Å²) in [5, 5.41) is 3.09. The normalized spacial score (nSPS) is 30.6. The van der Waals surface area contributed by atoms with Crippen molar-refractivity contribution in [2.75, 3.05) is 4.72 Å². The largest absolute Gasteiger partial charge is 0.369 e. The van der Waals surface area contributed by atoms with Crippen LogP contribution in [0, 0.1) is 23.2 Å². The Morgan fingerprint density at radius 1 is 0.906 bits per heavy atom. The summed E-state index contributed by atoms with van der Waals surface area (Å²) < 4.78 is 28.1. The van der Waals surface area contributed by atoms with Crippen molar-refractivity contribution in [3.05, 3.63) is 60.2 Å². The first-order valence-corrected chi connectivity index (χ1v) is 12.5. The van der Waals surface area contributed by atoms with Gasteiger partial charge in [-0.25, -0.2) is 8.42 Å². The number of sulfonamides is 1. The monoisotopic (exact) mass is 453 g/mol. The van der Waals surface area contributed by atoms with E-state index in [1.54, 1.807) is 42.5 Å². The third-order valence-electron chi connectivity index (χ3n) is 7.56. The number of carbonyl (C=O) groups excluding carboxylic acids is 2. The molecule has 7 nitrogen and oxygen atoms in total. The van der Waals surface area contributed by atoms with Gasteiger partial charge in [0.15, 0.2) is 0 Å². The Bertz CT molecular complexity index is 1150. The standard InChI is InChI=1S/C24H27N3O4S/c25-23(29)24-13-15-10-16(14-24)12-17(11-15)21(24)26-22(28)19-8-4-5-9-20(19)27-32(30,31)18-6-2-1-3-7-18/h1-9,15-17,21,27H,10-14H2,(H2,25,29)(H,26,28).